The van der Waals surface area contributed by atoms with Gasteiger partial charge in [0.15, 0.2) is 0 Å². The number of carbonyl (C=O) groups is 4. The molecule has 0 spiro atoms. The van der Waals surface area contributed by atoms with Gasteiger partial charge < -0.3 is 46.1 Å². The van der Waals surface area contributed by atoms with Crippen LogP contribution in [0.25, 0.3) is 0 Å². The number of aromatic hydroxyl groups is 1. The Morgan fingerprint density at radius 1 is 0.685 bits per heavy atom. The lowest BCUT2D eigenvalue weighted by molar-refractivity contribution is -0.135. The molecule has 14 nitrogen and oxygen atoms in total. The molecular weight excluding hydrogens is 694 g/mol. The number of rotatable bonds is 17. The fraction of sp³-hybridized carbons (Fsp3) is 0.450. The molecule has 0 radical (unpaired) electrons. The van der Waals surface area contributed by atoms with Gasteiger partial charge in [0.25, 0.3) is 0 Å². The number of methoxy groups -OCH3 is 2. The van der Waals surface area contributed by atoms with Crippen molar-refractivity contribution in [3.63, 3.8) is 0 Å². The van der Waals surface area contributed by atoms with Crippen molar-refractivity contribution in [3.05, 3.63) is 89.5 Å². The third kappa shape index (κ3) is 12.7. The van der Waals surface area contributed by atoms with Gasteiger partial charge in [0, 0.05) is 24.7 Å². The molecule has 0 aliphatic rings. The third-order valence-corrected chi connectivity index (χ3v) is 8.90. The summed E-state index contributed by atoms with van der Waals surface area (Å²) in [5, 5.41) is 45.9. The van der Waals surface area contributed by atoms with Crippen LogP contribution in [0.1, 0.15) is 58.2 Å². The first-order valence-corrected chi connectivity index (χ1v) is 17.7. The van der Waals surface area contributed by atoms with Gasteiger partial charge in [-0.3, -0.25) is 19.7 Å². The van der Waals surface area contributed by atoms with Crippen molar-refractivity contribution >= 4 is 23.8 Å². The summed E-state index contributed by atoms with van der Waals surface area (Å²) >= 11 is 0. The second-order valence-corrected chi connectivity index (χ2v) is 15.3. The molecule has 3 rings (SSSR count). The van der Waals surface area contributed by atoms with E-state index in [1.807, 2.05) is 18.2 Å². The zero-order valence-electron chi connectivity index (χ0n) is 32.2. The summed E-state index contributed by atoms with van der Waals surface area (Å²) in [4.78, 5) is 53.5. The van der Waals surface area contributed by atoms with E-state index in [4.69, 9.17) is 9.47 Å². The van der Waals surface area contributed by atoms with Gasteiger partial charge >= 0.3 is 6.09 Å². The Morgan fingerprint density at radius 3 is 1.80 bits per heavy atom. The van der Waals surface area contributed by atoms with E-state index in [-0.39, 0.29) is 25.3 Å². The van der Waals surface area contributed by atoms with Gasteiger partial charge in [-0.2, -0.15) is 0 Å². The number of phenols is 1. The van der Waals surface area contributed by atoms with E-state index in [0.717, 1.165) is 11.1 Å². The number of hydrogen-bond acceptors (Lipinski definition) is 9. The summed E-state index contributed by atoms with van der Waals surface area (Å²) in [5.41, 5.74) is 0.274. The third-order valence-electron chi connectivity index (χ3n) is 8.90. The van der Waals surface area contributed by atoms with E-state index in [9.17, 15) is 34.5 Å². The minimum atomic E-state index is -1.59. The fourth-order valence-corrected chi connectivity index (χ4v) is 5.77. The van der Waals surface area contributed by atoms with Crippen LogP contribution in [0.4, 0.5) is 4.79 Å². The number of aliphatic hydroxyl groups is 1. The zero-order chi connectivity index (χ0) is 40.2. The van der Waals surface area contributed by atoms with Crippen LogP contribution in [0.15, 0.2) is 72.8 Å². The Bertz CT molecular complexity index is 1710. The van der Waals surface area contributed by atoms with E-state index in [0.29, 0.717) is 17.1 Å². The van der Waals surface area contributed by atoms with Crippen LogP contribution in [-0.4, -0.2) is 83.6 Å². The van der Waals surface area contributed by atoms with Crippen LogP contribution in [0.2, 0.25) is 0 Å². The van der Waals surface area contributed by atoms with Gasteiger partial charge in [-0.15, -0.1) is 0 Å². The molecule has 0 saturated heterocycles. The first-order chi connectivity index (χ1) is 25.3. The number of ether oxygens (including phenoxy) is 2. The highest BCUT2D eigenvalue weighted by atomic mass is 16.5. The lowest BCUT2D eigenvalue weighted by Crippen LogP contribution is -2.64. The SMILES string of the molecule is COc1ccc(CNC(C(=O)NC(C(=O)NCc2ccc(OC)cc2O)C(C)(C)C)C(O)C(Cc2ccccc2)NC(=O)C(NC(=O)O)C(C)(C)C)cc1. The molecule has 0 fully saturated rings. The minimum absolute atomic E-state index is 0.0383. The van der Waals surface area contributed by atoms with Gasteiger partial charge in [-0.05, 0) is 52.6 Å². The van der Waals surface area contributed by atoms with Crippen molar-refractivity contribution in [1.82, 2.24) is 26.6 Å². The van der Waals surface area contributed by atoms with Crippen molar-refractivity contribution < 1.29 is 44.0 Å². The molecule has 0 aliphatic carbocycles. The number of hydrogen-bond donors (Lipinski definition) is 8. The molecule has 0 bridgehead atoms. The summed E-state index contributed by atoms with van der Waals surface area (Å²) in [5.74, 6) is -0.936. The quantitative estimate of drug-likeness (QED) is 0.101. The van der Waals surface area contributed by atoms with Gasteiger partial charge in [0.2, 0.25) is 17.7 Å². The first-order valence-electron chi connectivity index (χ1n) is 17.7. The Balaban J connectivity index is 1.98. The number of phenolic OH excluding ortho intramolecular Hbond substituents is 1. The van der Waals surface area contributed by atoms with Crippen LogP contribution in [-0.2, 0) is 33.9 Å². The van der Waals surface area contributed by atoms with Crippen molar-refractivity contribution in [2.75, 3.05) is 14.2 Å². The molecule has 294 valence electrons. The van der Waals surface area contributed by atoms with Crippen molar-refractivity contribution in [2.45, 2.75) is 91.3 Å². The van der Waals surface area contributed by atoms with E-state index in [1.54, 1.807) is 97.2 Å². The molecule has 5 atom stereocenters. The maximum atomic E-state index is 14.4. The topological polar surface area (TPSA) is 208 Å². The predicted octanol–water partition coefficient (Wildman–Crippen LogP) is 3.49. The normalized spacial score (nSPS) is 14.4. The van der Waals surface area contributed by atoms with Crippen LogP contribution in [0.5, 0.6) is 17.2 Å². The smallest absolute Gasteiger partial charge is 0.405 e. The molecule has 0 aromatic heterocycles. The maximum absolute atomic E-state index is 14.4. The predicted molar refractivity (Wildman–Crippen MR) is 204 cm³/mol. The summed E-state index contributed by atoms with van der Waals surface area (Å²) in [6.45, 7) is 10.5. The molecule has 54 heavy (non-hydrogen) atoms. The Hall–Kier alpha value is -5.34. The molecule has 8 N–H and O–H groups in total. The van der Waals surface area contributed by atoms with E-state index in [2.05, 4.69) is 26.6 Å². The van der Waals surface area contributed by atoms with E-state index >= 15 is 0 Å². The molecule has 4 amide bonds. The van der Waals surface area contributed by atoms with Crippen LogP contribution >= 0.6 is 0 Å². The highest BCUT2D eigenvalue weighted by Gasteiger charge is 2.41. The molecule has 3 aromatic carbocycles. The number of amides is 4. The number of aliphatic hydroxyl groups excluding tert-OH is 1. The Morgan fingerprint density at radius 2 is 1.26 bits per heavy atom. The molecular formula is C40H55N5O9. The van der Waals surface area contributed by atoms with Crippen molar-refractivity contribution in [2.24, 2.45) is 10.8 Å². The summed E-state index contributed by atoms with van der Waals surface area (Å²) < 4.78 is 10.4. The van der Waals surface area contributed by atoms with Gasteiger partial charge in [0.1, 0.15) is 35.4 Å². The largest absolute Gasteiger partial charge is 0.507 e. The number of benzene rings is 3. The number of carbonyl (C=O) groups excluding carboxylic acids is 3. The second kappa shape index (κ2) is 19.1. The van der Waals surface area contributed by atoms with Gasteiger partial charge in [0.05, 0.1) is 26.4 Å². The van der Waals surface area contributed by atoms with Gasteiger partial charge in [-0.1, -0.05) is 84.0 Å². The second-order valence-electron chi connectivity index (χ2n) is 15.3. The van der Waals surface area contributed by atoms with Crippen LogP contribution in [0.3, 0.4) is 0 Å². The standard InChI is InChI=1S/C40H55N5O9/c1-39(2,3)33(36(49)42-23-26-16-19-28(54-8)21-30(26)46)44-35(48)31(41-22-25-14-17-27(53-7)18-15-25)32(47)29(20-24-12-10-9-11-13-24)43-37(50)34(40(4,5)6)45-38(51)52/h9-19,21,29,31-34,41,45-47H,20,22-23H2,1-8H3,(H,42,49)(H,43,50)(H,44,48)(H,51,52). The average Bonchev–Trinajstić information content (AvgIpc) is 3.11. The first kappa shape index (κ1) is 43.1. The van der Waals surface area contributed by atoms with Crippen molar-refractivity contribution in [3.8, 4) is 17.2 Å². The number of nitrogens with one attached hydrogen (secondary N) is 5. The fourth-order valence-electron chi connectivity index (χ4n) is 5.77. The molecule has 5 unspecified atom stereocenters. The highest BCUT2D eigenvalue weighted by Crippen LogP contribution is 2.25. The van der Waals surface area contributed by atoms with Crippen LogP contribution < -0.4 is 36.1 Å². The monoisotopic (exact) mass is 749 g/mol. The molecule has 0 heterocycles. The zero-order valence-corrected chi connectivity index (χ0v) is 32.2. The molecule has 14 heteroatoms. The van der Waals surface area contributed by atoms with Gasteiger partial charge in [-0.25, -0.2) is 4.79 Å². The Kier molecular flexibility index (Phi) is 15.3. The lowest BCUT2D eigenvalue weighted by atomic mass is 9.85. The molecule has 0 aliphatic heterocycles. The van der Waals surface area contributed by atoms with E-state index in [1.165, 1.54) is 13.2 Å². The highest BCUT2D eigenvalue weighted by molar-refractivity contribution is 5.91. The molecule has 3 aromatic rings. The van der Waals surface area contributed by atoms with Crippen LogP contribution in [0, 0.1) is 10.8 Å². The summed E-state index contributed by atoms with van der Waals surface area (Å²) in [7, 11) is 3.02. The summed E-state index contributed by atoms with van der Waals surface area (Å²) in [6, 6.07) is 16.0. The minimum Gasteiger partial charge on any atom is -0.507 e. The Labute approximate surface area is 317 Å². The van der Waals surface area contributed by atoms with E-state index < -0.39 is 64.9 Å². The summed E-state index contributed by atoms with van der Waals surface area (Å²) in [6.07, 6.45) is -2.89. The average molecular weight is 750 g/mol. The molecule has 0 saturated carbocycles. The maximum Gasteiger partial charge on any atom is 0.405 e. The lowest BCUT2D eigenvalue weighted by Gasteiger charge is -2.36. The van der Waals surface area contributed by atoms with Crippen molar-refractivity contribution in [1.29, 1.82) is 0 Å². The number of carboxylic acid groups (broad SMARTS) is 1.